The van der Waals surface area contributed by atoms with Crippen molar-refractivity contribution < 1.29 is 9.50 Å². The van der Waals surface area contributed by atoms with Gasteiger partial charge in [-0.05, 0) is 24.3 Å². The Labute approximate surface area is 101 Å². The van der Waals surface area contributed by atoms with Crippen molar-refractivity contribution in [2.45, 2.75) is 17.3 Å². The van der Waals surface area contributed by atoms with Crippen LogP contribution >= 0.6 is 23.1 Å². The summed E-state index contributed by atoms with van der Waals surface area (Å²) in [7, 11) is 0. The first-order valence-corrected chi connectivity index (χ1v) is 6.57. The Hall–Kier alpha value is -0.910. The number of aliphatic hydroxyl groups is 1. The molecule has 2 rings (SSSR count). The molecule has 1 aromatic carbocycles. The molecule has 0 unspecified atom stereocenters. The van der Waals surface area contributed by atoms with E-state index in [1.807, 2.05) is 5.38 Å². The zero-order valence-electron chi connectivity index (χ0n) is 8.39. The average Bonchev–Trinajstić information content (AvgIpc) is 2.76. The molecule has 0 atom stereocenters. The number of hydrogen-bond acceptors (Lipinski definition) is 4. The molecule has 0 aliphatic rings. The molecule has 0 fully saturated rings. The third kappa shape index (κ3) is 3.04. The highest BCUT2D eigenvalue weighted by molar-refractivity contribution is 7.98. The molecule has 5 heteroatoms. The molecule has 0 aliphatic heterocycles. The molecule has 1 N–H and O–H groups in total. The molecule has 0 saturated heterocycles. The van der Waals surface area contributed by atoms with Crippen molar-refractivity contribution in [1.82, 2.24) is 4.98 Å². The number of halogens is 1. The zero-order chi connectivity index (χ0) is 11.4. The summed E-state index contributed by atoms with van der Waals surface area (Å²) in [4.78, 5) is 5.25. The van der Waals surface area contributed by atoms with Gasteiger partial charge in [0.15, 0.2) is 0 Å². The third-order valence-electron chi connectivity index (χ3n) is 1.94. The Morgan fingerprint density at radius 2 is 2.06 bits per heavy atom. The lowest BCUT2D eigenvalue weighted by molar-refractivity contribution is 0.277. The van der Waals surface area contributed by atoms with Crippen molar-refractivity contribution in [3.63, 3.8) is 0 Å². The van der Waals surface area contributed by atoms with E-state index in [0.717, 1.165) is 15.7 Å². The summed E-state index contributed by atoms with van der Waals surface area (Å²) in [6.45, 7) is -0.0162. The summed E-state index contributed by atoms with van der Waals surface area (Å²) in [5.41, 5.74) is 0.708. The quantitative estimate of drug-likeness (QED) is 0.852. The molecular weight excluding hydrogens is 245 g/mol. The van der Waals surface area contributed by atoms with Crippen molar-refractivity contribution >= 4 is 23.1 Å². The van der Waals surface area contributed by atoms with E-state index in [1.165, 1.54) is 23.5 Å². The molecule has 16 heavy (non-hydrogen) atoms. The highest BCUT2D eigenvalue weighted by atomic mass is 32.2. The Balaban J connectivity index is 1.94. The Morgan fingerprint density at radius 3 is 2.69 bits per heavy atom. The van der Waals surface area contributed by atoms with Crippen LogP contribution in [0.4, 0.5) is 4.39 Å². The maximum absolute atomic E-state index is 12.7. The molecule has 0 spiro atoms. The van der Waals surface area contributed by atoms with Crippen LogP contribution in [0.5, 0.6) is 0 Å². The van der Waals surface area contributed by atoms with Crippen LogP contribution in [0.15, 0.2) is 34.5 Å². The summed E-state index contributed by atoms with van der Waals surface area (Å²) >= 11 is 3.14. The minimum absolute atomic E-state index is 0.0162. The number of nitrogens with zero attached hydrogens (tertiary/aromatic N) is 1. The lowest BCUT2D eigenvalue weighted by Gasteiger charge is -1.98. The van der Waals surface area contributed by atoms with E-state index in [2.05, 4.69) is 4.98 Å². The predicted molar refractivity (Wildman–Crippen MR) is 64.0 cm³/mol. The van der Waals surface area contributed by atoms with Gasteiger partial charge >= 0.3 is 0 Å². The van der Waals surface area contributed by atoms with Gasteiger partial charge in [-0.3, -0.25) is 0 Å². The van der Waals surface area contributed by atoms with Crippen LogP contribution in [0.1, 0.15) is 10.7 Å². The minimum atomic E-state index is -0.221. The second-order valence-corrected chi connectivity index (χ2v) is 5.12. The van der Waals surface area contributed by atoms with Gasteiger partial charge in [0.1, 0.15) is 10.8 Å². The van der Waals surface area contributed by atoms with Crippen molar-refractivity contribution in [2.75, 3.05) is 0 Å². The predicted octanol–water partition coefficient (Wildman–Crippen LogP) is 3.07. The standard InChI is InChI=1S/C11H10FNOS2/c12-8-1-3-10(4-2-8)15-7-11-13-9(5-14)6-16-11/h1-4,6,14H,5,7H2. The zero-order valence-corrected chi connectivity index (χ0v) is 10.0. The van der Waals surface area contributed by atoms with Crippen LogP contribution in [0, 0.1) is 5.82 Å². The van der Waals surface area contributed by atoms with Gasteiger partial charge in [-0.15, -0.1) is 23.1 Å². The second-order valence-electron chi connectivity index (χ2n) is 3.13. The monoisotopic (exact) mass is 255 g/mol. The fourth-order valence-corrected chi connectivity index (χ4v) is 2.87. The van der Waals surface area contributed by atoms with Gasteiger partial charge in [-0.1, -0.05) is 0 Å². The lowest BCUT2D eigenvalue weighted by Crippen LogP contribution is -1.84. The molecule has 0 saturated carbocycles. The Morgan fingerprint density at radius 1 is 1.31 bits per heavy atom. The topological polar surface area (TPSA) is 33.1 Å². The van der Waals surface area contributed by atoms with E-state index in [4.69, 9.17) is 5.11 Å². The van der Waals surface area contributed by atoms with Crippen LogP contribution < -0.4 is 0 Å². The molecule has 0 bridgehead atoms. The Kier molecular flexibility index (Phi) is 3.93. The highest BCUT2D eigenvalue weighted by Gasteiger charge is 2.02. The average molecular weight is 255 g/mol. The van der Waals surface area contributed by atoms with E-state index in [1.54, 1.807) is 23.9 Å². The molecule has 0 radical (unpaired) electrons. The van der Waals surface area contributed by atoms with Gasteiger partial charge in [0.05, 0.1) is 18.1 Å². The van der Waals surface area contributed by atoms with Gasteiger partial charge in [0, 0.05) is 10.3 Å². The summed E-state index contributed by atoms with van der Waals surface area (Å²) < 4.78 is 12.7. The van der Waals surface area contributed by atoms with Gasteiger partial charge in [0.2, 0.25) is 0 Å². The van der Waals surface area contributed by atoms with Gasteiger partial charge in [-0.2, -0.15) is 0 Å². The van der Waals surface area contributed by atoms with Crippen molar-refractivity contribution in [1.29, 1.82) is 0 Å². The highest BCUT2D eigenvalue weighted by Crippen LogP contribution is 2.24. The minimum Gasteiger partial charge on any atom is -0.390 e. The summed E-state index contributed by atoms with van der Waals surface area (Å²) in [6.07, 6.45) is 0. The number of thioether (sulfide) groups is 1. The van der Waals surface area contributed by atoms with E-state index < -0.39 is 0 Å². The fraction of sp³-hybridized carbons (Fsp3) is 0.182. The number of benzene rings is 1. The van der Waals surface area contributed by atoms with Crippen molar-refractivity contribution in [2.24, 2.45) is 0 Å². The molecule has 2 aromatic rings. The summed E-state index contributed by atoms with van der Waals surface area (Å²) in [6, 6.07) is 6.40. The van der Waals surface area contributed by atoms with Crippen LogP contribution in [-0.2, 0) is 12.4 Å². The van der Waals surface area contributed by atoms with Crippen LogP contribution in [-0.4, -0.2) is 10.1 Å². The fourth-order valence-electron chi connectivity index (χ4n) is 1.16. The van der Waals surface area contributed by atoms with Gasteiger partial charge < -0.3 is 5.11 Å². The van der Waals surface area contributed by atoms with E-state index >= 15 is 0 Å². The molecule has 2 nitrogen and oxygen atoms in total. The molecule has 1 heterocycles. The van der Waals surface area contributed by atoms with Crippen LogP contribution in [0.2, 0.25) is 0 Å². The smallest absolute Gasteiger partial charge is 0.123 e. The first-order chi connectivity index (χ1) is 7.78. The van der Waals surface area contributed by atoms with Crippen molar-refractivity contribution in [3.8, 4) is 0 Å². The molecule has 84 valence electrons. The first kappa shape index (κ1) is 11.6. The Bertz CT molecular complexity index is 455. The number of thiazole rings is 1. The SMILES string of the molecule is OCc1csc(CSc2ccc(F)cc2)n1. The maximum Gasteiger partial charge on any atom is 0.123 e. The third-order valence-corrected chi connectivity index (χ3v) is 4.04. The van der Waals surface area contributed by atoms with E-state index in [0.29, 0.717) is 5.69 Å². The maximum atomic E-state index is 12.7. The largest absolute Gasteiger partial charge is 0.390 e. The summed E-state index contributed by atoms with van der Waals surface area (Å²) in [5, 5.41) is 11.7. The number of hydrogen-bond donors (Lipinski definition) is 1. The molecule has 0 amide bonds. The second kappa shape index (κ2) is 5.43. The first-order valence-electron chi connectivity index (χ1n) is 4.70. The normalized spacial score (nSPS) is 10.6. The van der Waals surface area contributed by atoms with Gasteiger partial charge in [0.25, 0.3) is 0 Å². The van der Waals surface area contributed by atoms with E-state index in [-0.39, 0.29) is 12.4 Å². The summed E-state index contributed by atoms with van der Waals surface area (Å²) in [5.74, 6) is 0.525. The molecule has 1 aromatic heterocycles. The lowest BCUT2D eigenvalue weighted by atomic mass is 10.4. The molecular formula is C11H10FNOS2. The molecule has 0 aliphatic carbocycles. The van der Waals surface area contributed by atoms with E-state index in [9.17, 15) is 4.39 Å². The number of aliphatic hydroxyl groups excluding tert-OH is 1. The van der Waals surface area contributed by atoms with Crippen molar-refractivity contribution in [3.05, 3.63) is 46.2 Å². The van der Waals surface area contributed by atoms with Crippen LogP contribution in [0.3, 0.4) is 0 Å². The number of rotatable bonds is 4. The van der Waals surface area contributed by atoms with Crippen LogP contribution in [0.25, 0.3) is 0 Å². The number of aromatic nitrogens is 1. The van der Waals surface area contributed by atoms with Gasteiger partial charge in [-0.25, -0.2) is 9.37 Å².